The van der Waals surface area contributed by atoms with Crippen LogP contribution in [0.25, 0.3) is 0 Å². The van der Waals surface area contributed by atoms with Gasteiger partial charge in [-0.15, -0.1) is 24.0 Å². The SMILES string of the molecule is COc1cc(COc2ccccc2C(C=O)CC(N)C(Cl)N2CCC(OC)CC2)cc(OC)c1.Cl. The molecule has 1 fully saturated rings. The Kier molecular flexibility index (Phi) is 12.1. The lowest BCUT2D eigenvalue weighted by Gasteiger charge is -2.37. The van der Waals surface area contributed by atoms with Crippen LogP contribution in [0.4, 0.5) is 0 Å². The molecule has 1 saturated heterocycles. The Morgan fingerprint density at radius 1 is 1.09 bits per heavy atom. The van der Waals surface area contributed by atoms with E-state index in [9.17, 15) is 4.79 Å². The molecule has 1 heterocycles. The molecule has 2 N–H and O–H groups in total. The topological polar surface area (TPSA) is 83.2 Å². The second kappa shape index (κ2) is 14.5. The molecule has 0 radical (unpaired) electrons. The molecular formula is C26H36Cl2N2O5. The van der Waals surface area contributed by atoms with Gasteiger partial charge in [-0.1, -0.05) is 18.2 Å². The first kappa shape index (κ1) is 29.2. The third-order valence-corrected chi connectivity index (χ3v) is 6.93. The van der Waals surface area contributed by atoms with E-state index in [1.165, 1.54) is 0 Å². The number of nitrogens with two attached hydrogens (primary N) is 1. The van der Waals surface area contributed by atoms with Gasteiger partial charge in [0, 0.05) is 43.8 Å². The van der Waals surface area contributed by atoms with Crippen LogP contribution in [-0.4, -0.2) is 63.3 Å². The maximum absolute atomic E-state index is 12.1. The van der Waals surface area contributed by atoms with Gasteiger partial charge in [-0.2, -0.15) is 0 Å². The van der Waals surface area contributed by atoms with Gasteiger partial charge in [0.15, 0.2) is 0 Å². The normalized spacial score (nSPS) is 17.1. The maximum atomic E-state index is 12.1. The van der Waals surface area contributed by atoms with Crippen molar-refractivity contribution >= 4 is 30.3 Å². The molecule has 0 bridgehead atoms. The zero-order valence-corrected chi connectivity index (χ0v) is 22.1. The second-order valence-electron chi connectivity index (χ2n) is 8.53. The maximum Gasteiger partial charge on any atom is 0.127 e. The molecule has 2 aromatic rings. The highest BCUT2D eigenvalue weighted by atomic mass is 35.5. The zero-order valence-electron chi connectivity index (χ0n) is 20.5. The van der Waals surface area contributed by atoms with Gasteiger partial charge < -0.3 is 29.5 Å². The predicted molar refractivity (Wildman–Crippen MR) is 140 cm³/mol. The summed E-state index contributed by atoms with van der Waals surface area (Å²) in [6, 6.07) is 12.8. The number of nitrogens with zero attached hydrogens (tertiary/aromatic N) is 1. The van der Waals surface area contributed by atoms with E-state index in [-0.39, 0.29) is 30.1 Å². The van der Waals surface area contributed by atoms with Gasteiger partial charge in [0.1, 0.15) is 35.6 Å². The average molecular weight is 527 g/mol. The number of aldehydes is 1. The summed E-state index contributed by atoms with van der Waals surface area (Å²) in [7, 11) is 4.95. The van der Waals surface area contributed by atoms with Gasteiger partial charge in [-0.3, -0.25) is 4.90 Å². The van der Waals surface area contributed by atoms with Gasteiger partial charge >= 0.3 is 0 Å². The fraction of sp³-hybridized carbons (Fsp3) is 0.500. The third-order valence-electron chi connectivity index (χ3n) is 6.33. The van der Waals surface area contributed by atoms with Gasteiger partial charge in [0.25, 0.3) is 0 Å². The van der Waals surface area contributed by atoms with Crippen LogP contribution in [-0.2, 0) is 16.1 Å². The molecule has 0 amide bonds. The smallest absolute Gasteiger partial charge is 0.127 e. The van der Waals surface area contributed by atoms with E-state index < -0.39 is 5.92 Å². The number of carbonyl (C=O) groups is 1. The minimum Gasteiger partial charge on any atom is -0.497 e. The molecule has 3 unspecified atom stereocenters. The number of hydrogen-bond acceptors (Lipinski definition) is 7. The third kappa shape index (κ3) is 7.98. The summed E-state index contributed by atoms with van der Waals surface area (Å²) in [6.45, 7) is 1.96. The molecule has 3 atom stereocenters. The summed E-state index contributed by atoms with van der Waals surface area (Å²) in [5, 5.41) is 0. The van der Waals surface area contributed by atoms with Crippen molar-refractivity contribution in [3.8, 4) is 17.2 Å². The van der Waals surface area contributed by atoms with Gasteiger partial charge in [-0.05, 0) is 43.0 Å². The Labute approximate surface area is 219 Å². The first-order chi connectivity index (χ1) is 16.5. The zero-order chi connectivity index (χ0) is 24.5. The number of para-hydroxylation sites is 1. The highest BCUT2D eigenvalue weighted by Gasteiger charge is 2.30. The van der Waals surface area contributed by atoms with Crippen LogP contribution < -0.4 is 19.9 Å². The summed E-state index contributed by atoms with van der Waals surface area (Å²) in [4.78, 5) is 14.3. The van der Waals surface area contributed by atoms with Crippen LogP contribution in [0.3, 0.4) is 0 Å². The number of hydrogen-bond donors (Lipinski definition) is 1. The summed E-state index contributed by atoms with van der Waals surface area (Å²) in [5.41, 5.74) is 7.82. The summed E-state index contributed by atoms with van der Waals surface area (Å²) in [6.07, 6.45) is 3.48. The lowest BCUT2D eigenvalue weighted by Crippen LogP contribution is -2.49. The van der Waals surface area contributed by atoms with Crippen LogP contribution in [0.15, 0.2) is 42.5 Å². The molecule has 1 aliphatic heterocycles. The molecule has 194 valence electrons. The summed E-state index contributed by atoms with van der Waals surface area (Å²) < 4.78 is 22.2. The van der Waals surface area contributed by atoms with E-state index >= 15 is 0 Å². The van der Waals surface area contributed by atoms with E-state index in [4.69, 9.17) is 36.3 Å². The first-order valence-corrected chi connectivity index (χ1v) is 12.0. The number of halogens is 2. The number of rotatable bonds is 12. The van der Waals surface area contributed by atoms with Gasteiger partial charge in [0.2, 0.25) is 0 Å². The molecule has 2 aromatic carbocycles. The Hall–Kier alpha value is -2.03. The fourth-order valence-electron chi connectivity index (χ4n) is 4.32. The highest BCUT2D eigenvalue weighted by molar-refractivity contribution is 6.20. The van der Waals surface area contributed by atoms with Gasteiger partial charge in [0.05, 0.1) is 20.3 Å². The number of carbonyl (C=O) groups excluding carboxylic acids is 1. The second-order valence-corrected chi connectivity index (χ2v) is 8.98. The van der Waals surface area contributed by atoms with E-state index in [1.54, 1.807) is 21.3 Å². The molecular weight excluding hydrogens is 491 g/mol. The Morgan fingerprint density at radius 2 is 1.71 bits per heavy atom. The number of ether oxygens (including phenoxy) is 4. The summed E-state index contributed by atoms with van der Waals surface area (Å²) in [5.74, 6) is 1.58. The number of piperidine rings is 1. The lowest BCUT2D eigenvalue weighted by molar-refractivity contribution is -0.109. The Morgan fingerprint density at radius 3 is 2.29 bits per heavy atom. The molecule has 0 aliphatic carbocycles. The Balaban J connectivity index is 0.00000432. The van der Waals surface area contributed by atoms with Gasteiger partial charge in [-0.25, -0.2) is 0 Å². The van der Waals surface area contributed by atoms with Crippen LogP contribution in [0.1, 0.15) is 36.3 Å². The lowest BCUT2D eigenvalue weighted by atomic mass is 9.92. The van der Waals surface area contributed by atoms with Crippen molar-refractivity contribution in [2.75, 3.05) is 34.4 Å². The van der Waals surface area contributed by atoms with E-state index in [0.29, 0.717) is 30.3 Å². The van der Waals surface area contributed by atoms with Crippen molar-refractivity contribution in [1.29, 1.82) is 0 Å². The minimum atomic E-state index is -0.427. The predicted octanol–water partition coefficient (Wildman–Crippen LogP) is 4.38. The largest absolute Gasteiger partial charge is 0.497 e. The molecule has 7 nitrogen and oxygen atoms in total. The molecule has 3 rings (SSSR count). The molecule has 9 heteroatoms. The van der Waals surface area contributed by atoms with Crippen molar-refractivity contribution in [2.24, 2.45) is 5.73 Å². The van der Waals surface area contributed by atoms with Crippen LogP contribution in [0, 0.1) is 0 Å². The number of likely N-dealkylation sites (tertiary alicyclic amines) is 1. The van der Waals surface area contributed by atoms with Crippen LogP contribution in [0.5, 0.6) is 17.2 Å². The molecule has 35 heavy (non-hydrogen) atoms. The monoisotopic (exact) mass is 526 g/mol. The van der Waals surface area contributed by atoms with Crippen LogP contribution >= 0.6 is 24.0 Å². The van der Waals surface area contributed by atoms with E-state index in [0.717, 1.165) is 43.3 Å². The van der Waals surface area contributed by atoms with Crippen molar-refractivity contribution in [2.45, 2.75) is 49.4 Å². The highest BCUT2D eigenvalue weighted by Crippen LogP contribution is 2.32. The molecule has 0 spiro atoms. The van der Waals surface area contributed by atoms with E-state index in [1.807, 2.05) is 42.5 Å². The number of methoxy groups -OCH3 is 3. The van der Waals surface area contributed by atoms with Crippen LogP contribution in [0.2, 0.25) is 0 Å². The first-order valence-electron chi connectivity index (χ1n) is 11.5. The van der Waals surface area contributed by atoms with Crippen molar-refractivity contribution in [3.63, 3.8) is 0 Å². The van der Waals surface area contributed by atoms with Crippen molar-refractivity contribution in [1.82, 2.24) is 4.90 Å². The standard InChI is InChI=1S/C26H35ClN2O5.ClH/c1-31-20-8-10-29(11-9-20)26(27)24(28)14-19(16-30)23-6-4-5-7-25(23)34-17-18-12-21(32-2)15-22(13-18)33-3;/h4-7,12-13,15-16,19-20,24,26H,8-11,14,17,28H2,1-3H3;1H. The fourth-order valence-corrected chi connectivity index (χ4v) is 4.62. The Bertz CT molecular complexity index is 902. The summed E-state index contributed by atoms with van der Waals surface area (Å²) >= 11 is 6.72. The molecule has 0 aromatic heterocycles. The molecule has 0 saturated carbocycles. The number of alkyl halides is 1. The van der Waals surface area contributed by atoms with E-state index in [2.05, 4.69) is 4.90 Å². The minimum absolute atomic E-state index is 0. The average Bonchev–Trinajstić information content (AvgIpc) is 2.89. The molecule has 1 aliphatic rings. The van der Waals surface area contributed by atoms with Crippen molar-refractivity contribution < 1.29 is 23.7 Å². The number of benzene rings is 2. The quantitative estimate of drug-likeness (QED) is 0.249. The van der Waals surface area contributed by atoms with Crippen molar-refractivity contribution in [3.05, 3.63) is 53.6 Å².